The van der Waals surface area contributed by atoms with Crippen LogP contribution in [-0.4, -0.2) is 27.9 Å². The van der Waals surface area contributed by atoms with E-state index in [4.69, 9.17) is 4.74 Å². The first-order chi connectivity index (χ1) is 11.5. The molecule has 3 N–H and O–H groups in total. The highest BCUT2D eigenvalue weighted by Gasteiger charge is 2.26. The van der Waals surface area contributed by atoms with Gasteiger partial charge >= 0.3 is 0 Å². The maximum absolute atomic E-state index is 12.2. The molecule has 0 saturated heterocycles. The van der Waals surface area contributed by atoms with Gasteiger partial charge in [0.25, 0.3) is 11.8 Å². The van der Waals surface area contributed by atoms with Crippen LogP contribution in [0.3, 0.4) is 0 Å². The summed E-state index contributed by atoms with van der Waals surface area (Å²) in [5.41, 5.74) is 1.97. The molecule has 24 heavy (non-hydrogen) atoms. The quantitative estimate of drug-likeness (QED) is 0.802. The van der Waals surface area contributed by atoms with E-state index in [1.165, 1.54) is 6.20 Å². The Morgan fingerprint density at radius 2 is 2.25 bits per heavy atom. The van der Waals surface area contributed by atoms with E-state index in [1.807, 2.05) is 26.0 Å². The number of carbonyl (C=O) groups is 2. The van der Waals surface area contributed by atoms with Gasteiger partial charge in [-0.15, -0.1) is 0 Å². The van der Waals surface area contributed by atoms with Gasteiger partial charge in [0.2, 0.25) is 0 Å². The summed E-state index contributed by atoms with van der Waals surface area (Å²) in [4.78, 5) is 30.9. The molecule has 2 atom stereocenters. The second kappa shape index (κ2) is 6.35. The van der Waals surface area contributed by atoms with Crippen molar-refractivity contribution in [2.75, 3.05) is 5.32 Å². The molecule has 1 aliphatic rings. The van der Waals surface area contributed by atoms with Crippen molar-refractivity contribution in [1.29, 1.82) is 0 Å². The average Bonchev–Trinajstić information content (AvgIpc) is 3.00. The Balaban J connectivity index is 1.75. The number of carbonyl (C=O) groups excluding carboxylic acids is 2. The molecule has 0 bridgehead atoms. The highest BCUT2D eigenvalue weighted by atomic mass is 16.5. The summed E-state index contributed by atoms with van der Waals surface area (Å²) >= 11 is 0. The number of benzene rings is 1. The van der Waals surface area contributed by atoms with Crippen molar-refractivity contribution in [3.8, 4) is 5.75 Å². The van der Waals surface area contributed by atoms with Gasteiger partial charge in [0.1, 0.15) is 17.3 Å². The summed E-state index contributed by atoms with van der Waals surface area (Å²) in [5.74, 6) is 0.962. The number of amides is 2. The maximum Gasteiger partial charge on any atom is 0.269 e. The normalized spacial score (nSPS) is 17.5. The molecule has 126 valence electrons. The average molecular weight is 328 g/mol. The fraction of sp³-hybridized carbons (Fsp3) is 0.353. The minimum Gasteiger partial charge on any atom is -0.478 e. The third-order valence-corrected chi connectivity index (χ3v) is 3.99. The number of aromatic nitrogens is 2. The SMILES string of the molecule is CC[C@@H]1Oc2cc([C@@H](C)NC(=O)c3cnc(C)[nH]3)ccc2NC1=O. The van der Waals surface area contributed by atoms with Crippen LogP contribution in [0.25, 0.3) is 0 Å². The van der Waals surface area contributed by atoms with Crippen molar-refractivity contribution in [2.45, 2.75) is 39.3 Å². The molecule has 2 aromatic rings. The number of H-pyrrole nitrogens is 1. The molecule has 0 saturated carbocycles. The lowest BCUT2D eigenvalue weighted by Crippen LogP contribution is -2.36. The highest BCUT2D eigenvalue weighted by molar-refractivity contribution is 5.97. The van der Waals surface area contributed by atoms with Crippen LogP contribution < -0.4 is 15.4 Å². The number of hydrogen-bond acceptors (Lipinski definition) is 4. The van der Waals surface area contributed by atoms with Crippen LogP contribution in [0.4, 0.5) is 5.69 Å². The number of aromatic amines is 1. The molecule has 7 heteroatoms. The summed E-state index contributed by atoms with van der Waals surface area (Å²) in [6.45, 7) is 5.58. The van der Waals surface area contributed by atoms with Gasteiger partial charge in [-0.25, -0.2) is 4.98 Å². The zero-order valence-electron chi connectivity index (χ0n) is 13.8. The van der Waals surface area contributed by atoms with Crippen molar-refractivity contribution in [2.24, 2.45) is 0 Å². The molecule has 0 spiro atoms. The number of aryl methyl sites for hydroxylation is 1. The second-order valence-corrected chi connectivity index (χ2v) is 5.84. The van der Waals surface area contributed by atoms with Gasteiger partial charge in [-0.1, -0.05) is 13.0 Å². The Morgan fingerprint density at radius 1 is 1.46 bits per heavy atom. The number of imidazole rings is 1. The van der Waals surface area contributed by atoms with Crippen LogP contribution >= 0.6 is 0 Å². The summed E-state index contributed by atoms with van der Waals surface area (Å²) in [5, 5.41) is 5.75. The molecule has 1 aromatic heterocycles. The Bertz CT molecular complexity index is 784. The number of ether oxygens (including phenoxy) is 1. The van der Waals surface area contributed by atoms with E-state index in [0.717, 1.165) is 5.56 Å². The standard InChI is InChI=1S/C17H20N4O3/c1-4-14-17(23)21-12-6-5-11(7-15(12)24-14)9(2)19-16(22)13-8-18-10(3)20-13/h5-9,14H,4H2,1-3H3,(H,18,20)(H,19,22)(H,21,23)/t9-,14+/m1/s1. The minimum atomic E-state index is -0.481. The molecule has 0 aliphatic carbocycles. The van der Waals surface area contributed by atoms with Crippen LogP contribution in [0.5, 0.6) is 5.75 Å². The monoisotopic (exact) mass is 328 g/mol. The Kier molecular flexibility index (Phi) is 4.24. The molecule has 1 aromatic carbocycles. The van der Waals surface area contributed by atoms with Crippen LogP contribution in [0, 0.1) is 6.92 Å². The number of nitrogens with zero attached hydrogens (tertiary/aromatic N) is 1. The summed E-state index contributed by atoms with van der Waals surface area (Å²) < 4.78 is 5.74. The zero-order chi connectivity index (χ0) is 17.3. The molecule has 0 radical (unpaired) electrons. The third kappa shape index (κ3) is 3.10. The van der Waals surface area contributed by atoms with Crippen LogP contribution in [-0.2, 0) is 4.79 Å². The fourth-order valence-electron chi connectivity index (χ4n) is 2.59. The van der Waals surface area contributed by atoms with E-state index in [-0.39, 0.29) is 17.9 Å². The lowest BCUT2D eigenvalue weighted by atomic mass is 10.1. The van der Waals surface area contributed by atoms with Gasteiger partial charge in [0, 0.05) is 0 Å². The Labute approximate surface area is 139 Å². The van der Waals surface area contributed by atoms with Gasteiger partial charge in [-0.05, 0) is 38.0 Å². The zero-order valence-corrected chi connectivity index (χ0v) is 13.8. The van der Waals surface area contributed by atoms with Crippen LogP contribution in [0.1, 0.15) is 48.2 Å². The van der Waals surface area contributed by atoms with E-state index in [0.29, 0.717) is 29.4 Å². The maximum atomic E-state index is 12.2. The highest BCUT2D eigenvalue weighted by Crippen LogP contribution is 2.33. The summed E-state index contributed by atoms with van der Waals surface area (Å²) in [7, 11) is 0. The smallest absolute Gasteiger partial charge is 0.269 e. The minimum absolute atomic E-state index is 0.131. The lowest BCUT2D eigenvalue weighted by Gasteiger charge is -2.26. The lowest BCUT2D eigenvalue weighted by molar-refractivity contribution is -0.123. The van der Waals surface area contributed by atoms with E-state index >= 15 is 0 Å². The van der Waals surface area contributed by atoms with E-state index in [1.54, 1.807) is 13.0 Å². The van der Waals surface area contributed by atoms with Crippen molar-refractivity contribution in [3.63, 3.8) is 0 Å². The number of fused-ring (bicyclic) bond motifs is 1. The van der Waals surface area contributed by atoms with E-state index in [2.05, 4.69) is 20.6 Å². The van der Waals surface area contributed by atoms with Gasteiger partial charge < -0.3 is 20.4 Å². The van der Waals surface area contributed by atoms with Gasteiger partial charge in [0.05, 0.1) is 17.9 Å². The van der Waals surface area contributed by atoms with Crippen molar-refractivity contribution in [3.05, 3.63) is 41.5 Å². The fourth-order valence-corrected chi connectivity index (χ4v) is 2.59. The molecule has 1 aliphatic heterocycles. The van der Waals surface area contributed by atoms with E-state index in [9.17, 15) is 9.59 Å². The van der Waals surface area contributed by atoms with Crippen molar-refractivity contribution >= 4 is 17.5 Å². The molecule has 2 amide bonds. The van der Waals surface area contributed by atoms with Crippen LogP contribution in [0.2, 0.25) is 0 Å². The van der Waals surface area contributed by atoms with Gasteiger partial charge in [0.15, 0.2) is 6.10 Å². The third-order valence-electron chi connectivity index (χ3n) is 3.99. The molecular formula is C17H20N4O3. The van der Waals surface area contributed by atoms with E-state index < -0.39 is 6.10 Å². The van der Waals surface area contributed by atoms with Gasteiger partial charge in [-0.2, -0.15) is 0 Å². The predicted octanol–water partition coefficient (Wildman–Crippen LogP) is 2.32. The van der Waals surface area contributed by atoms with Crippen LogP contribution in [0.15, 0.2) is 24.4 Å². The largest absolute Gasteiger partial charge is 0.478 e. The summed E-state index contributed by atoms with van der Waals surface area (Å²) in [6.07, 6.45) is 1.63. The first-order valence-corrected chi connectivity index (χ1v) is 7.92. The predicted molar refractivity (Wildman–Crippen MR) is 89.0 cm³/mol. The number of nitrogens with one attached hydrogen (secondary N) is 3. The molecule has 0 fully saturated rings. The van der Waals surface area contributed by atoms with Gasteiger partial charge in [-0.3, -0.25) is 9.59 Å². The molecule has 3 rings (SSSR count). The summed E-state index contributed by atoms with van der Waals surface area (Å²) in [6, 6.07) is 5.28. The molecular weight excluding hydrogens is 308 g/mol. The number of anilines is 1. The number of rotatable bonds is 4. The van der Waals surface area contributed by atoms with Crippen molar-refractivity contribution in [1.82, 2.24) is 15.3 Å². The Morgan fingerprint density at radius 3 is 2.92 bits per heavy atom. The molecule has 7 nitrogen and oxygen atoms in total. The van der Waals surface area contributed by atoms with Crippen molar-refractivity contribution < 1.29 is 14.3 Å². The number of hydrogen-bond donors (Lipinski definition) is 3. The second-order valence-electron chi connectivity index (χ2n) is 5.84. The molecule has 0 unspecified atom stereocenters. The Hall–Kier alpha value is -2.83. The first-order valence-electron chi connectivity index (χ1n) is 7.92. The topological polar surface area (TPSA) is 96.1 Å². The first kappa shape index (κ1) is 16.0. The molecule has 2 heterocycles.